The fourth-order valence-corrected chi connectivity index (χ4v) is 6.05. The predicted octanol–water partition coefficient (Wildman–Crippen LogP) is 4.41. The number of rotatable bonds is 5. The Hall–Kier alpha value is -2.51. The van der Waals surface area contributed by atoms with E-state index in [4.69, 9.17) is 0 Å². The summed E-state index contributed by atoms with van der Waals surface area (Å²) in [6.45, 7) is 1.12. The summed E-state index contributed by atoms with van der Waals surface area (Å²) in [7, 11) is -3.10. The van der Waals surface area contributed by atoms with Crippen molar-refractivity contribution in [1.29, 1.82) is 0 Å². The molecular formula is C23H24FN3O2S. The molecule has 1 N–H and O–H groups in total. The lowest BCUT2D eigenvalue weighted by molar-refractivity contribution is 0.329. The highest BCUT2D eigenvalue weighted by Crippen LogP contribution is 2.34. The van der Waals surface area contributed by atoms with E-state index in [-0.39, 0.29) is 17.1 Å². The highest BCUT2D eigenvalue weighted by atomic mass is 32.2. The minimum atomic E-state index is -3.10. The van der Waals surface area contributed by atoms with Gasteiger partial charge in [-0.1, -0.05) is 12.1 Å². The molecule has 0 radical (unpaired) electrons. The van der Waals surface area contributed by atoms with Gasteiger partial charge in [0.1, 0.15) is 5.82 Å². The van der Waals surface area contributed by atoms with Gasteiger partial charge in [0, 0.05) is 42.6 Å². The van der Waals surface area contributed by atoms with Gasteiger partial charge in [-0.15, -0.1) is 0 Å². The van der Waals surface area contributed by atoms with Crippen molar-refractivity contribution in [2.45, 2.75) is 37.0 Å². The number of benzene rings is 2. The van der Waals surface area contributed by atoms with Crippen molar-refractivity contribution in [3.63, 3.8) is 0 Å². The molecule has 3 aromatic rings. The highest BCUT2D eigenvalue weighted by molar-refractivity contribution is 7.90. The molecule has 1 saturated carbocycles. The molecule has 0 amide bonds. The largest absolute Gasteiger partial charge is 0.382 e. The summed E-state index contributed by atoms with van der Waals surface area (Å²) in [4.78, 5) is 4.27. The van der Waals surface area contributed by atoms with Gasteiger partial charge in [0.05, 0.1) is 5.25 Å². The monoisotopic (exact) mass is 425 g/mol. The molecule has 5 rings (SSSR count). The number of nitrogens with zero attached hydrogens (tertiary/aromatic N) is 2. The van der Waals surface area contributed by atoms with Gasteiger partial charge in [-0.05, 0) is 72.5 Å². The van der Waals surface area contributed by atoms with Crippen LogP contribution in [-0.2, 0) is 10.0 Å². The van der Waals surface area contributed by atoms with Crippen LogP contribution in [0, 0.1) is 5.82 Å². The van der Waals surface area contributed by atoms with Crippen LogP contribution in [0.5, 0.6) is 0 Å². The molecular weight excluding hydrogens is 401 g/mol. The van der Waals surface area contributed by atoms with Crippen molar-refractivity contribution in [3.8, 4) is 11.1 Å². The van der Waals surface area contributed by atoms with Crippen LogP contribution in [-0.4, -0.2) is 42.1 Å². The van der Waals surface area contributed by atoms with Crippen LogP contribution in [0.3, 0.4) is 0 Å². The van der Waals surface area contributed by atoms with Crippen LogP contribution in [0.15, 0.2) is 54.9 Å². The summed E-state index contributed by atoms with van der Waals surface area (Å²) in [6.07, 6.45) is 6.76. The summed E-state index contributed by atoms with van der Waals surface area (Å²) >= 11 is 0. The number of anilines is 1. The Bertz CT molecular complexity index is 1170. The van der Waals surface area contributed by atoms with Crippen molar-refractivity contribution in [1.82, 2.24) is 9.29 Å². The molecule has 2 aromatic carbocycles. The maximum Gasteiger partial charge on any atom is 0.216 e. The summed E-state index contributed by atoms with van der Waals surface area (Å²) in [5, 5.41) is 5.56. The SMILES string of the molecule is O=S(=O)(C1CC1)N1CCC(Nc2cc(-c3ccc(F)cc3)cc3ccncc23)CC1. The number of halogens is 1. The average molecular weight is 426 g/mol. The van der Waals surface area contributed by atoms with Crippen LogP contribution in [0.2, 0.25) is 0 Å². The first-order valence-corrected chi connectivity index (χ1v) is 11.9. The molecule has 1 aliphatic heterocycles. The number of sulfonamides is 1. The lowest BCUT2D eigenvalue weighted by atomic mass is 9.99. The van der Waals surface area contributed by atoms with Crippen molar-refractivity contribution in [2.24, 2.45) is 0 Å². The molecule has 2 heterocycles. The number of nitrogens with one attached hydrogen (secondary N) is 1. The molecule has 2 fully saturated rings. The second-order valence-corrected chi connectivity index (χ2v) is 10.4. The van der Waals surface area contributed by atoms with Crippen LogP contribution < -0.4 is 5.32 Å². The van der Waals surface area contributed by atoms with Crippen molar-refractivity contribution < 1.29 is 12.8 Å². The third-order valence-corrected chi connectivity index (χ3v) is 8.45. The Morgan fingerprint density at radius 1 is 0.967 bits per heavy atom. The fraction of sp³-hybridized carbons (Fsp3) is 0.348. The van der Waals surface area contributed by atoms with Gasteiger partial charge in [-0.3, -0.25) is 4.98 Å². The predicted molar refractivity (Wildman–Crippen MR) is 117 cm³/mol. The summed E-state index contributed by atoms with van der Waals surface area (Å²) in [5.74, 6) is -0.255. The Kier molecular flexibility index (Phi) is 4.95. The average Bonchev–Trinajstić information content (AvgIpc) is 3.61. The summed E-state index contributed by atoms with van der Waals surface area (Å²) in [6, 6.07) is 12.8. The molecule has 0 unspecified atom stereocenters. The van der Waals surface area contributed by atoms with Gasteiger partial charge < -0.3 is 5.32 Å². The van der Waals surface area contributed by atoms with E-state index in [0.29, 0.717) is 13.1 Å². The maximum atomic E-state index is 13.3. The quantitative estimate of drug-likeness (QED) is 0.658. The first-order chi connectivity index (χ1) is 14.5. The maximum absolute atomic E-state index is 13.3. The second-order valence-electron chi connectivity index (χ2n) is 8.19. The van der Waals surface area contributed by atoms with Crippen molar-refractivity contribution in [2.75, 3.05) is 18.4 Å². The van der Waals surface area contributed by atoms with Gasteiger partial charge in [0.15, 0.2) is 0 Å². The van der Waals surface area contributed by atoms with Crippen LogP contribution >= 0.6 is 0 Å². The van der Waals surface area contributed by atoms with Gasteiger partial charge >= 0.3 is 0 Å². The molecule has 1 saturated heterocycles. The smallest absolute Gasteiger partial charge is 0.216 e. The lowest BCUT2D eigenvalue weighted by Gasteiger charge is -2.32. The number of piperidine rings is 1. The molecule has 0 spiro atoms. The number of aromatic nitrogens is 1. The molecule has 1 aliphatic carbocycles. The zero-order chi connectivity index (χ0) is 20.7. The third-order valence-electron chi connectivity index (χ3n) is 6.05. The normalized spacial score (nSPS) is 18.6. The van der Waals surface area contributed by atoms with E-state index in [0.717, 1.165) is 53.3 Å². The first-order valence-electron chi connectivity index (χ1n) is 10.4. The topological polar surface area (TPSA) is 62.3 Å². The van der Waals surface area contributed by atoms with E-state index in [1.807, 2.05) is 12.3 Å². The minimum Gasteiger partial charge on any atom is -0.382 e. The Labute approximate surface area is 176 Å². The molecule has 2 aliphatic rings. The van der Waals surface area contributed by atoms with Crippen molar-refractivity contribution in [3.05, 3.63) is 60.7 Å². The molecule has 0 bridgehead atoms. The summed E-state index contributed by atoms with van der Waals surface area (Å²) < 4.78 is 40.0. The standard InChI is InChI=1S/C23H24FN3O2S/c24-19-3-1-16(2-4-19)18-13-17-7-10-25-15-22(17)23(14-18)26-20-8-11-27(12-9-20)30(28,29)21-5-6-21/h1-4,7,10,13-15,20-21,26H,5-6,8-9,11-12H2. The van der Waals surface area contributed by atoms with E-state index in [1.165, 1.54) is 12.1 Å². The fourth-order valence-electron chi connectivity index (χ4n) is 4.18. The summed E-state index contributed by atoms with van der Waals surface area (Å²) in [5.41, 5.74) is 2.93. The van der Waals surface area contributed by atoms with Gasteiger partial charge in [0.25, 0.3) is 0 Å². The van der Waals surface area contributed by atoms with Gasteiger partial charge in [-0.25, -0.2) is 17.1 Å². The molecule has 30 heavy (non-hydrogen) atoms. The number of pyridine rings is 1. The number of hydrogen-bond acceptors (Lipinski definition) is 4. The van der Waals surface area contributed by atoms with E-state index in [2.05, 4.69) is 22.4 Å². The number of fused-ring (bicyclic) bond motifs is 1. The van der Waals surface area contributed by atoms with Gasteiger partial charge in [-0.2, -0.15) is 0 Å². The Balaban J connectivity index is 1.39. The zero-order valence-electron chi connectivity index (χ0n) is 16.6. The minimum absolute atomic E-state index is 0.149. The molecule has 1 aromatic heterocycles. The van der Waals surface area contributed by atoms with Crippen LogP contribution in [0.4, 0.5) is 10.1 Å². The Morgan fingerprint density at radius 3 is 2.40 bits per heavy atom. The highest BCUT2D eigenvalue weighted by Gasteiger charge is 2.41. The number of hydrogen-bond donors (Lipinski definition) is 1. The van der Waals surface area contributed by atoms with Crippen LogP contribution in [0.1, 0.15) is 25.7 Å². The van der Waals surface area contributed by atoms with E-state index in [9.17, 15) is 12.8 Å². The van der Waals surface area contributed by atoms with Gasteiger partial charge in [0.2, 0.25) is 10.0 Å². The van der Waals surface area contributed by atoms with E-state index < -0.39 is 10.0 Å². The molecule has 0 atom stereocenters. The van der Waals surface area contributed by atoms with Crippen molar-refractivity contribution >= 4 is 26.5 Å². The van der Waals surface area contributed by atoms with E-state index >= 15 is 0 Å². The third kappa shape index (κ3) is 3.79. The molecule has 7 heteroatoms. The molecule has 156 valence electrons. The lowest BCUT2D eigenvalue weighted by Crippen LogP contribution is -2.43. The zero-order valence-corrected chi connectivity index (χ0v) is 17.4. The first kappa shape index (κ1) is 19.5. The Morgan fingerprint density at radius 2 is 1.70 bits per heavy atom. The van der Waals surface area contributed by atoms with Crippen LogP contribution in [0.25, 0.3) is 21.9 Å². The van der Waals surface area contributed by atoms with E-state index in [1.54, 1.807) is 22.6 Å². The molecule has 5 nitrogen and oxygen atoms in total. The second kappa shape index (κ2) is 7.63.